The molecule has 1 fully saturated rings. The van der Waals surface area contributed by atoms with E-state index in [-0.39, 0.29) is 0 Å². The van der Waals surface area contributed by atoms with E-state index in [1.807, 2.05) is 12.1 Å². The quantitative estimate of drug-likeness (QED) is 0.876. The van der Waals surface area contributed by atoms with Crippen LogP contribution in [0.2, 0.25) is 10.0 Å². The molecule has 3 N–H and O–H groups in total. The molecule has 0 spiro atoms. The van der Waals surface area contributed by atoms with Crippen molar-refractivity contribution in [3.8, 4) is 0 Å². The Hall–Kier alpha value is -1.52. The number of rotatable bonds is 5. The van der Waals surface area contributed by atoms with Crippen molar-refractivity contribution in [1.82, 2.24) is 9.97 Å². The first-order chi connectivity index (χ1) is 10.1. The van der Waals surface area contributed by atoms with Crippen LogP contribution in [0.4, 0.5) is 11.6 Å². The van der Waals surface area contributed by atoms with Crippen LogP contribution in [-0.2, 0) is 6.42 Å². The molecule has 0 unspecified atom stereocenters. The number of hydrogen-bond donors (Lipinski definition) is 2. The lowest BCUT2D eigenvalue weighted by Crippen LogP contribution is -2.09. The lowest BCUT2D eigenvalue weighted by Gasteiger charge is -2.09. The Morgan fingerprint density at radius 2 is 2.00 bits per heavy atom. The number of halogens is 2. The van der Waals surface area contributed by atoms with Crippen LogP contribution in [0.15, 0.2) is 24.3 Å². The van der Waals surface area contributed by atoms with Gasteiger partial charge in [-0.15, -0.1) is 0 Å². The van der Waals surface area contributed by atoms with Crippen molar-refractivity contribution >= 4 is 34.8 Å². The molecule has 2 aromatic rings. The molecule has 0 saturated heterocycles. The molecular weight excluding hydrogens is 307 g/mol. The van der Waals surface area contributed by atoms with E-state index >= 15 is 0 Å². The number of nitrogens with zero attached hydrogens (tertiary/aromatic N) is 2. The molecule has 110 valence electrons. The second-order valence-electron chi connectivity index (χ2n) is 5.22. The Balaban J connectivity index is 1.62. The first kappa shape index (κ1) is 14.4. The number of anilines is 2. The molecule has 1 aliphatic carbocycles. The van der Waals surface area contributed by atoms with Crippen molar-refractivity contribution in [2.45, 2.75) is 25.2 Å². The maximum atomic E-state index is 6.15. The van der Waals surface area contributed by atoms with Gasteiger partial charge in [-0.25, -0.2) is 9.97 Å². The van der Waals surface area contributed by atoms with E-state index in [1.165, 1.54) is 0 Å². The molecule has 4 nitrogen and oxygen atoms in total. The zero-order valence-electron chi connectivity index (χ0n) is 11.4. The smallest absolute Gasteiger partial charge is 0.136 e. The van der Waals surface area contributed by atoms with Gasteiger partial charge < -0.3 is 11.1 Å². The molecule has 0 atom stereocenters. The topological polar surface area (TPSA) is 63.8 Å². The minimum absolute atomic E-state index is 0.486. The van der Waals surface area contributed by atoms with Crippen LogP contribution in [-0.4, -0.2) is 16.5 Å². The Morgan fingerprint density at radius 3 is 2.71 bits per heavy atom. The molecule has 0 bridgehead atoms. The summed E-state index contributed by atoms with van der Waals surface area (Å²) < 4.78 is 0. The van der Waals surface area contributed by atoms with Gasteiger partial charge in [0, 0.05) is 28.6 Å². The zero-order valence-corrected chi connectivity index (χ0v) is 13.0. The van der Waals surface area contributed by atoms with Crippen LogP contribution in [0.1, 0.15) is 30.1 Å². The highest BCUT2D eigenvalue weighted by Gasteiger charge is 2.27. The van der Waals surface area contributed by atoms with Gasteiger partial charge in [0.25, 0.3) is 0 Å². The van der Waals surface area contributed by atoms with Crippen molar-refractivity contribution < 1.29 is 0 Å². The van der Waals surface area contributed by atoms with Crippen LogP contribution in [0.25, 0.3) is 0 Å². The normalized spacial score (nSPS) is 14.2. The molecule has 6 heteroatoms. The van der Waals surface area contributed by atoms with E-state index in [2.05, 4.69) is 15.3 Å². The summed E-state index contributed by atoms with van der Waals surface area (Å²) in [7, 11) is 0. The fourth-order valence-electron chi connectivity index (χ4n) is 2.15. The molecule has 3 rings (SSSR count). The van der Waals surface area contributed by atoms with Crippen molar-refractivity contribution in [1.29, 1.82) is 0 Å². The maximum absolute atomic E-state index is 6.15. The molecule has 0 radical (unpaired) electrons. The number of nitrogens with two attached hydrogens (primary N) is 1. The number of benzene rings is 1. The van der Waals surface area contributed by atoms with Crippen LogP contribution in [0.3, 0.4) is 0 Å². The van der Waals surface area contributed by atoms with E-state index in [9.17, 15) is 0 Å². The van der Waals surface area contributed by atoms with Crippen molar-refractivity contribution in [3.63, 3.8) is 0 Å². The maximum Gasteiger partial charge on any atom is 0.136 e. The van der Waals surface area contributed by atoms with E-state index in [0.29, 0.717) is 21.8 Å². The summed E-state index contributed by atoms with van der Waals surface area (Å²) >= 11 is 12.0. The Labute approximate surface area is 133 Å². The average molecular weight is 323 g/mol. The van der Waals surface area contributed by atoms with Crippen LogP contribution in [0.5, 0.6) is 0 Å². The summed E-state index contributed by atoms with van der Waals surface area (Å²) in [5, 5.41) is 4.61. The first-order valence-corrected chi connectivity index (χ1v) is 7.69. The fraction of sp³-hybridized carbons (Fsp3) is 0.333. The molecule has 21 heavy (non-hydrogen) atoms. The molecule has 1 aromatic heterocycles. The summed E-state index contributed by atoms with van der Waals surface area (Å²) in [5.41, 5.74) is 6.88. The van der Waals surface area contributed by atoms with Gasteiger partial charge in [0.15, 0.2) is 0 Å². The van der Waals surface area contributed by atoms with Gasteiger partial charge in [0.2, 0.25) is 0 Å². The highest BCUT2D eigenvalue weighted by molar-refractivity contribution is 6.35. The molecule has 1 heterocycles. The number of hydrogen-bond acceptors (Lipinski definition) is 4. The van der Waals surface area contributed by atoms with Gasteiger partial charge in [-0.05, 0) is 37.0 Å². The van der Waals surface area contributed by atoms with E-state index < -0.39 is 0 Å². The molecule has 0 aliphatic heterocycles. The van der Waals surface area contributed by atoms with Gasteiger partial charge in [-0.2, -0.15) is 0 Å². The summed E-state index contributed by atoms with van der Waals surface area (Å²) in [4.78, 5) is 8.78. The van der Waals surface area contributed by atoms with Gasteiger partial charge in [0.05, 0.1) is 0 Å². The third kappa shape index (κ3) is 3.77. The van der Waals surface area contributed by atoms with Crippen molar-refractivity contribution in [2.75, 3.05) is 17.6 Å². The van der Waals surface area contributed by atoms with Crippen molar-refractivity contribution in [3.05, 3.63) is 45.7 Å². The monoisotopic (exact) mass is 322 g/mol. The van der Waals surface area contributed by atoms with Crippen LogP contribution < -0.4 is 11.1 Å². The largest absolute Gasteiger partial charge is 0.384 e. The number of nitrogens with one attached hydrogen (secondary N) is 1. The van der Waals surface area contributed by atoms with Crippen molar-refractivity contribution in [2.24, 2.45) is 0 Å². The zero-order chi connectivity index (χ0) is 14.8. The van der Waals surface area contributed by atoms with E-state index in [0.717, 1.165) is 43.0 Å². The Bertz CT molecular complexity index is 656. The SMILES string of the molecule is Nc1cc(NCCc2ccc(Cl)cc2Cl)nc(C2CC2)n1. The molecule has 1 aliphatic rings. The summed E-state index contributed by atoms with van der Waals surface area (Å²) in [6.45, 7) is 0.724. The molecule has 0 amide bonds. The third-order valence-electron chi connectivity index (χ3n) is 3.42. The van der Waals surface area contributed by atoms with Gasteiger partial charge >= 0.3 is 0 Å². The van der Waals surface area contributed by atoms with Gasteiger partial charge in [-0.1, -0.05) is 29.3 Å². The highest BCUT2D eigenvalue weighted by Crippen LogP contribution is 2.38. The fourth-order valence-corrected chi connectivity index (χ4v) is 2.65. The summed E-state index contributed by atoms with van der Waals surface area (Å²) in [6.07, 6.45) is 3.10. The second-order valence-corrected chi connectivity index (χ2v) is 6.07. The molecule has 1 saturated carbocycles. The van der Waals surface area contributed by atoms with Gasteiger partial charge in [-0.3, -0.25) is 0 Å². The summed E-state index contributed by atoms with van der Waals surface area (Å²) in [5.74, 6) is 2.62. The lowest BCUT2D eigenvalue weighted by molar-refractivity contribution is 0.920. The lowest BCUT2D eigenvalue weighted by atomic mass is 10.1. The Kier molecular flexibility index (Phi) is 4.17. The van der Waals surface area contributed by atoms with E-state index in [1.54, 1.807) is 12.1 Å². The Morgan fingerprint density at radius 1 is 1.19 bits per heavy atom. The molecule has 1 aromatic carbocycles. The van der Waals surface area contributed by atoms with Crippen LogP contribution >= 0.6 is 23.2 Å². The third-order valence-corrected chi connectivity index (χ3v) is 4.01. The highest BCUT2D eigenvalue weighted by atomic mass is 35.5. The minimum atomic E-state index is 0.486. The summed E-state index contributed by atoms with van der Waals surface area (Å²) in [6, 6.07) is 7.30. The standard InChI is InChI=1S/C15H16Cl2N4/c16-11-4-3-9(12(17)7-11)5-6-19-14-8-13(18)20-15(21-14)10-1-2-10/h3-4,7-8,10H,1-2,5-6H2,(H3,18,19,20,21). The average Bonchev–Trinajstić information content (AvgIpc) is 3.25. The minimum Gasteiger partial charge on any atom is -0.384 e. The predicted molar refractivity (Wildman–Crippen MR) is 87.1 cm³/mol. The predicted octanol–water partition coefficient (Wildman–Crippen LogP) is 3.90. The van der Waals surface area contributed by atoms with E-state index in [4.69, 9.17) is 28.9 Å². The van der Waals surface area contributed by atoms with Gasteiger partial charge in [0.1, 0.15) is 17.5 Å². The number of aromatic nitrogens is 2. The molecular formula is C15H16Cl2N4. The second kappa shape index (κ2) is 6.08. The number of nitrogen functional groups attached to an aromatic ring is 1. The van der Waals surface area contributed by atoms with Crippen LogP contribution in [0, 0.1) is 0 Å². The first-order valence-electron chi connectivity index (χ1n) is 6.94.